The zero-order valence-electron chi connectivity index (χ0n) is 16.1. The molecule has 1 aromatic rings. The van der Waals surface area contributed by atoms with E-state index >= 15 is 0 Å². The Kier molecular flexibility index (Phi) is 6.90. The highest BCUT2D eigenvalue weighted by molar-refractivity contribution is 7.89. The van der Waals surface area contributed by atoms with Crippen molar-refractivity contribution in [3.63, 3.8) is 0 Å². The van der Waals surface area contributed by atoms with Crippen molar-refractivity contribution in [2.75, 3.05) is 13.1 Å². The van der Waals surface area contributed by atoms with Crippen molar-refractivity contribution in [2.24, 2.45) is 11.1 Å². The Labute approximate surface area is 163 Å². The Balaban J connectivity index is 0.00000338. The number of amides is 1. The number of sulfonamides is 1. The maximum Gasteiger partial charge on any atom is 0.253 e. The normalized spacial score (nSPS) is 20.4. The number of hydrogen-bond donors (Lipinski definition) is 2. The summed E-state index contributed by atoms with van der Waals surface area (Å²) in [4.78, 5) is 14.6. The first-order chi connectivity index (χ1) is 11.3. The van der Waals surface area contributed by atoms with Crippen LogP contribution < -0.4 is 10.5 Å². The van der Waals surface area contributed by atoms with Crippen LogP contribution in [0.15, 0.2) is 29.2 Å². The minimum Gasteiger partial charge on any atom is -0.338 e. The molecule has 1 aliphatic heterocycles. The average Bonchev–Trinajstić information content (AvgIpc) is 2.47. The molecule has 0 aliphatic carbocycles. The Morgan fingerprint density at radius 3 is 2.23 bits per heavy atom. The van der Waals surface area contributed by atoms with E-state index in [-0.39, 0.29) is 34.7 Å². The molecule has 3 N–H and O–H groups in total. The molecule has 6 nitrogen and oxygen atoms in total. The van der Waals surface area contributed by atoms with Crippen LogP contribution in [-0.2, 0) is 10.0 Å². The highest BCUT2D eigenvalue weighted by atomic mass is 35.5. The van der Waals surface area contributed by atoms with Gasteiger partial charge in [-0.05, 0) is 56.9 Å². The fourth-order valence-electron chi connectivity index (χ4n) is 2.97. The van der Waals surface area contributed by atoms with Gasteiger partial charge in [0.2, 0.25) is 10.0 Å². The topological polar surface area (TPSA) is 92.5 Å². The third-order valence-corrected chi connectivity index (χ3v) is 6.23. The highest BCUT2D eigenvalue weighted by Crippen LogP contribution is 2.28. The lowest BCUT2D eigenvalue weighted by molar-refractivity contribution is 0.0533. The van der Waals surface area contributed by atoms with E-state index in [1.807, 2.05) is 0 Å². The third-order valence-electron chi connectivity index (χ3n) is 4.45. The molecular weight excluding hydrogens is 374 g/mol. The van der Waals surface area contributed by atoms with E-state index in [1.165, 1.54) is 12.1 Å². The fourth-order valence-corrected chi connectivity index (χ4v) is 4.39. The fraction of sp³-hybridized carbons (Fsp3) is 0.611. The molecule has 0 aromatic heterocycles. The Hall–Kier alpha value is -1.15. The molecule has 1 amide bonds. The van der Waals surface area contributed by atoms with Crippen molar-refractivity contribution in [3.8, 4) is 0 Å². The summed E-state index contributed by atoms with van der Waals surface area (Å²) >= 11 is 0. The lowest BCUT2D eigenvalue weighted by Gasteiger charge is -2.42. The Morgan fingerprint density at radius 2 is 1.77 bits per heavy atom. The summed E-state index contributed by atoms with van der Waals surface area (Å²) in [5.41, 5.74) is 5.91. The van der Waals surface area contributed by atoms with Gasteiger partial charge < -0.3 is 10.6 Å². The van der Waals surface area contributed by atoms with Gasteiger partial charge in [0.1, 0.15) is 0 Å². The van der Waals surface area contributed by atoms with Gasteiger partial charge >= 0.3 is 0 Å². The van der Waals surface area contributed by atoms with Gasteiger partial charge in [0, 0.05) is 30.2 Å². The number of benzene rings is 1. The number of nitrogens with two attached hydrogens (primary N) is 1. The van der Waals surface area contributed by atoms with Gasteiger partial charge in [-0.25, -0.2) is 13.1 Å². The van der Waals surface area contributed by atoms with Crippen LogP contribution >= 0.6 is 12.4 Å². The van der Waals surface area contributed by atoms with Gasteiger partial charge in [0.05, 0.1) is 4.90 Å². The minimum atomic E-state index is -3.60. The van der Waals surface area contributed by atoms with Crippen molar-refractivity contribution >= 4 is 28.3 Å². The van der Waals surface area contributed by atoms with Gasteiger partial charge in [-0.1, -0.05) is 13.8 Å². The smallest absolute Gasteiger partial charge is 0.253 e. The Morgan fingerprint density at radius 1 is 1.23 bits per heavy atom. The molecule has 1 atom stereocenters. The molecule has 1 unspecified atom stereocenters. The second-order valence-electron chi connectivity index (χ2n) is 8.49. The molecule has 0 radical (unpaired) electrons. The number of rotatable bonds is 3. The number of carbonyl (C=O) groups excluding carboxylic acids is 1. The van der Waals surface area contributed by atoms with Crippen LogP contribution in [0.1, 0.15) is 51.4 Å². The van der Waals surface area contributed by atoms with E-state index in [2.05, 4.69) is 18.6 Å². The molecule has 1 aliphatic rings. The van der Waals surface area contributed by atoms with Crippen molar-refractivity contribution in [3.05, 3.63) is 29.8 Å². The lowest BCUT2D eigenvalue weighted by atomic mass is 9.79. The van der Waals surface area contributed by atoms with Gasteiger partial charge in [0.15, 0.2) is 0 Å². The molecule has 148 valence electrons. The van der Waals surface area contributed by atoms with E-state index in [1.54, 1.807) is 37.8 Å². The summed E-state index contributed by atoms with van der Waals surface area (Å²) in [6.07, 6.45) is 0.765. The predicted molar refractivity (Wildman–Crippen MR) is 106 cm³/mol. The number of nitrogens with zero attached hydrogens (tertiary/aromatic N) is 1. The summed E-state index contributed by atoms with van der Waals surface area (Å²) in [6, 6.07) is 6.17. The number of hydrogen-bond acceptors (Lipinski definition) is 4. The first-order valence-corrected chi connectivity index (χ1v) is 9.99. The van der Waals surface area contributed by atoms with Crippen LogP contribution in [0, 0.1) is 5.41 Å². The first kappa shape index (κ1) is 22.9. The highest BCUT2D eigenvalue weighted by Gasteiger charge is 2.35. The van der Waals surface area contributed by atoms with Gasteiger partial charge in [-0.3, -0.25) is 4.79 Å². The minimum absolute atomic E-state index is 0. The van der Waals surface area contributed by atoms with E-state index in [0.29, 0.717) is 18.7 Å². The van der Waals surface area contributed by atoms with Crippen molar-refractivity contribution in [1.82, 2.24) is 9.62 Å². The van der Waals surface area contributed by atoms with Gasteiger partial charge in [-0.2, -0.15) is 0 Å². The van der Waals surface area contributed by atoms with Crippen molar-refractivity contribution < 1.29 is 13.2 Å². The quantitative estimate of drug-likeness (QED) is 0.810. The number of nitrogens with one attached hydrogen (secondary N) is 1. The van der Waals surface area contributed by atoms with Gasteiger partial charge in [-0.15, -0.1) is 12.4 Å². The number of carbonyl (C=O) groups is 1. The van der Waals surface area contributed by atoms with Crippen LogP contribution in [0.3, 0.4) is 0 Å². The maximum absolute atomic E-state index is 12.7. The summed E-state index contributed by atoms with van der Waals surface area (Å²) in [5, 5.41) is 0. The first-order valence-electron chi connectivity index (χ1n) is 8.51. The van der Waals surface area contributed by atoms with Crippen molar-refractivity contribution in [1.29, 1.82) is 0 Å². The molecule has 0 spiro atoms. The zero-order chi connectivity index (χ0) is 19.0. The molecular formula is C18H30ClN3O3S. The largest absolute Gasteiger partial charge is 0.338 e. The molecule has 0 saturated carbocycles. The second kappa shape index (κ2) is 7.84. The summed E-state index contributed by atoms with van der Waals surface area (Å²) in [6.45, 7) is 10.7. The molecule has 1 heterocycles. The lowest BCUT2D eigenvalue weighted by Crippen LogP contribution is -2.54. The molecule has 8 heteroatoms. The summed E-state index contributed by atoms with van der Waals surface area (Å²) < 4.78 is 27.3. The van der Waals surface area contributed by atoms with E-state index in [4.69, 9.17) is 5.73 Å². The molecule has 1 fully saturated rings. The van der Waals surface area contributed by atoms with Crippen molar-refractivity contribution in [2.45, 2.75) is 57.5 Å². The van der Waals surface area contributed by atoms with E-state index in [9.17, 15) is 13.2 Å². The zero-order valence-corrected chi connectivity index (χ0v) is 17.7. The summed E-state index contributed by atoms with van der Waals surface area (Å²) in [7, 11) is -3.60. The number of piperidine rings is 1. The Bertz CT molecular complexity index is 740. The SMILES string of the molecule is CC(C)(C)NS(=O)(=O)c1ccc(C(=O)N2CCC(N)C(C)(C)C2)cc1.Cl. The van der Waals surface area contributed by atoms with E-state index < -0.39 is 15.6 Å². The van der Waals surface area contributed by atoms with Gasteiger partial charge in [0.25, 0.3) is 5.91 Å². The maximum atomic E-state index is 12.7. The second-order valence-corrected chi connectivity index (χ2v) is 10.2. The molecule has 1 saturated heterocycles. The standard InChI is InChI=1S/C18H29N3O3S.ClH/c1-17(2,3)20-25(23,24)14-8-6-13(7-9-14)16(22)21-11-10-15(19)18(4,5)12-21;/h6-9,15,20H,10-12,19H2,1-5H3;1H. The molecule has 26 heavy (non-hydrogen) atoms. The van der Waals surface area contributed by atoms with Crippen LogP contribution in [0.2, 0.25) is 0 Å². The predicted octanol–water partition coefficient (Wildman–Crippen LogP) is 2.38. The third kappa shape index (κ3) is 5.42. The number of likely N-dealkylation sites (tertiary alicyclic amines) is 1. The van der Waals surface area contributed by atoms with E-state index in [0.717, 1.165) is 6.42 Å². The van der Waals surface area contributed by atoms with Crippen LogP contribution in [0.4, 0.5) is 0 Å². The molecule has 0 bridgehead atoms. The monoisotopic (exact) mass is 403 g/mol. The molecule has 1 aromatic carbocycles. The van der Waals surface area contributed by atoms with Crippen LogP contribution in [-0.4, -0.2) is 43.9 Å². The average molecular weight is 404 g/mol. The van der Waals surface area contributed by atoms with Crippen LogP contribution in [0.5, 0.6) is 0 Å². The summed E-state index contributed by atoms with van der Waals surface area (Å²) in [5.74, 6) is -0.0901. The molecule has 2 rings (SSSR count). The number of halogens is 1. The van der Waals surface area contributed by atoms with Crippen LogP contribution in [0.25, 0.3) is 0 Å².